The molecule has 1 aromatic heterocycles. The third-order valence-electron chi connectivity index (χ3n) is 6.88. The minimum atomic E-state index is -0.370. The molecule has 190 valence electrons. The number of amides is 1. The van der Waals surface area contributed by atoms with Crippen LogP contribution in [0.5, 0.6) is 0 Å². The van der Waals surface area contributed by atoms with Crippen LogP contribution in [-0.4, -0.2) is 15.4 Å². The van der Waals surface area contributed by atoms with Crippen LogP contribution in [0.1, 0.15) is 40.2 Å². The summed E-state index contributed by atoms with van der Waals surface area (Å²) in [6.07, 6.45) is 2.28. The summed E-state index contributed by atoms with van der Waals surface area (Å²) in [5.74, 6) is -0.346. The van der Waals surface area contributed by atoms with Crippen LogP contribution in [0.2, 0.25) is 0 Å². The normalized spacial score (nSPS) is 11.8. The lowest BCUT2D eigenvalue weighted by molar-refractivity contribution is -0.384. The molecule has 6 nitrogen and oxygen atoms in total. The van der Waals surface area contributed by atoms with Gasteiger partial charge in [0.25, 0.3) is 5.69 Å². The molecule has 0 fully saturated rings. The van der Waals surface area contributed by atoms with E-state index in [4.69, 9.17) is 0 Å². The first-order valence-electron chi connectivity index (χ1n) is 12.7. The third-order valence-corrected chi connectivity index (χ3v) is 6.88. The van der Waals surface area contributed by atoms with Gasteiger partial charge in [0, 0.05) is 54.7 Å². The van der Waals surface area contributed by atoms with Crippen molar-refractivity contribution in [3.63, 3.8) is 0 Å². The maximum Gasteiger partial charge on any atom is 0.270 e. The van der Waals surface area contributed by atoms with Gasteiger partial charge in [-0.25, -0.2) is 0 Å². The van der Waals surface area contributed by atoms with Gasteiger partial charge < -0.3 is 9.88 Å². The molecule has 0 saturated heterocycles. The van der Waals surface area contributed by atoms with Gasteiger partial charge in [0.1, 0.15) is 0 Å². The van der Waals surface area contributed by atoms with E-state index < -0.39 is 0 Å². The van der Waals surface area contributed by atoms with E-state index in [-0.39, 0.29) is 28.9 Å². The fraction of sp³-hybridized carbons (Fsp3) is 0.156. The molecule has 6 heteroatoms. The first kappa shape index (κ1) is 25.0. The molecule has 0 aliphatic rings. The number of nitrogens with one attached hydrogen (secondary N) is 1. The van der Waals surface area contributed by atoms with Crippen LogP contribution in [0.25, 0.3) is 10.9 Å². The minimum Gasteiger partial charge on any atom is -0.352 e. The summed E-state index contributed by atoms with van der Waals surface area (Å²) in [4.78, 5) is 24.5. The number of aromatic nitrogens is 1. The van der Waals surface area contributed by atoms with Crippen molar-refractivity contribution in [2.24, 2.45) is 0 Å². The lowest BCUT2D eigenvalue weighted by Gasteiger charge is -2.18. The van der Waals surface area contributed by atoms with Crippen molar-refractivity contribution in [1.29, 1.82) is 0 Å². The molecule has 1 heterocycles. The Hall–Kier alpha value is -4.71. The summed E-state index contributed by atoms with van der Waals surface area (Å²) < 4.78 is 2.12. The van der Waals surface area contributed by atoms with Crippen LogP contribution in [0.3, 0.4) is 0 Å². The van der Waals surface area contributed by atoms with Crippen molar-refractivity contribution in [1.82, 2.24) is 9.88 Å². The maximum atomic E-state index is 13.2. The number of hydrogen-bond donors (Lipinski definition) is 1. The molecule has 1 atom stereocenters. The number of rotatable bonds is 9. The van der Waals surface area contributed by atoms with E-state index in [1.807, 2.05) is 85.8 Å². The van der Waals surface area contributed by atoms with Gasteiger partial charge in [-0.2, -0.15) is 0 Å². The molecule has 5 rings (SSSR count). The number of aryl methyl sites for hydroxylation is 1. The Morgan fingerprint density at radius 2 is 1.55 bits per heavy atom. The topological polar surface area (TPSA) is 77.2 Å². The molecule has 0 bridgehead atoms. The fourth-order valence-electron chi connectivity index (χ4n) is 4.88. The van der Waals surface area contributed by atoms with E-state index in [1.54, 1.807) is 12.1 Å². The second-order valence-corrected chi connectivity index (χ2v) is 9.59. The van der Waals surface area contributed by atoms with Gasteiger partial charge in [-0.1, -0.05) is 90.5 Å². The summed E-state index contributed by atoms with van der Waals surface area (Å²) >= 11 is 0. The minimum absolute atomic E-state index is 0.0346. The number of benzene rings is 4. The molecular formula is C32H29N3O3. The highest BCUT2D eigenvalue weighted by atomic mass is 16.6. The number of non-ortho nitro benzene ring substituents is 1. The third kappa shape index (κ3) is 5.65. The summed E-state index contributed by atoms with van der Waals surface area (Å²) in [6.45, 7) is 3.10. The molecular weight excluding hydrogens is 474 g/mol. The Balaban J connectivity index is 1.56. The molecule has 1 N–H and O–H groups in total. The van der Waals surface area contributed by atoms with Crippen LogP contribution >= 0.6 is 0 Å². The predicted octanol–water partition coefficient (Wildman–Crippen LogP) is 6.74. The molecule has 0 radical (unpaired) electrons. The van der Waals surface area contributed by atoms with E-state index in [0.717, 1.165) is 38.7 Å². The van der Waals surface area contributed by atoms with Crippen LogP contribution < -0.4 is 5.32 Å². The van der Waals surface area contributed by atoms with Crippen molar-refractivity contribution in [2.75, 3.05) is 0 Å². The first-order chi connectivity index (χ1) is 18.5. The van der Waals surface area contributed by atoms with Gasteiger partial charge >= 0.3 is 0 Å². The van der Waals surface area contributed by atoms with Crippen molar-refractivity contribution in [3.05, 3.63) is 147 Å². The number of nitro benzene ring substituents is 1. The SMILES string of the molecule is Cc1ccc([C@H](CC(=O)NCc2ccccc2)c2cn(Cc3ccccc3)c3ccc([N+](=O)[O-])cc23)cc1. The zero-order valence-corrected chi connectivity index (χ0v) is 21.2. The number of nitrogens with zero attached hydrogens (tertiary/aromatic N) is 2. The first-order valence-corrected chi connectivity index (χ1v) is 12.7. The average molecular weight is 504 g/mol. The smallest absolute Gasteiger partial charge is 0.270 e. The molecule has 1 amide bonds. The second-order valence-electron chi connectivity index (χ2n) is 9.59. The summed E-state index contributed by atoms with van der Waals surface area (Å²) in [6, 6.07) is 33.1. The predicted molar refractivity (Wildman–Crippen MR) is 150 cm³/mol. The molecule has 5 aromatic rings. The Kier molecular flexibility index (Phi) is 7.31. The zero-order valence-electron chi connectivity index (χ0n) is 21.2. The number of nitro groups is 1. The zero-order chi connectivity index (χ0) is 26.5. The second kappa shape index (κ2) is 11.1. The summed E-state index contributed by atoms with van der Waals surface area (Å²) in [5, 5.41) is 15.5. The van der Waals surface area contributed by atoms with Gasteiger partial charge in [-0.05, 0) is 35.2 Å². The van der Waals surface area contributed by atoms with Crippen LogP contribution in [-0.2, 0) is 17.9 Å². The largest absolute Gasteiger partial charge is 0.352 e. The van der Waals surface area contributed by atoms with Gasteiger partial charge in [0.15, 0.2) is 0 Å². The lowest BCUT2D eigenvalue weighted by Crippen LogP contribution is -2.25. The molecule has 0 saturated carbocycles. The number of fused-ring (bicyclic) bond motifs is 1. The van der Waals surface area contributed by atoms with Gasteiger partial charge in [0.2, 0.25) is 5.91 Å². The van der Waals surface area contributed by atoms with Gasteiger partial charge in [-0.3, -0.25) is 14.9 Å². The lowest BCUT2D eigenvalue weighted by atomic mass is 9.87. The van der Waals surface area contributed by atoms with Gasteiger partial charge in [0.05, 0.1) is 4.92 Å². The van der Waals surface area contributed by atoms with Crippen LogP contribution in [0.4, 0.5) is 5.69 Å². The highest BCUT2D eigenvalue weighted by Crippen LogP contribution is 2.37. The molecule has 38 heavy (non-hydrogen) atoms. The summed E-state index contributed by atoms with van der Waals surface area (Å²) in [7, 11) is 0. The molecule has 0 aliphatic carbocycles. The molecule has 0 aliphatic heterocycles. The van der Waals surface area contributed by atoms with Crippen molar-refractivity contribution in [2.45, 2.75) is 32.4 Å². The Bertz CT molecular complexity index is 1560. The van der Waals surface area contributed by atoms with Crippen molar-refractivity contribution < 1.29 is 9.72 Å². The van der Waals surface area contributed by atoms with E-state index in [2.05, 4.69) is 28.2 Å². The highest BCUT2D eigenvalue weighted by molar-refractivity contribution is 5.88. The molecule has 0 spiro atoms. The van der Waals surface area contributed by atoms with E-state index in [0.29, 0.717) is 13.1 Å². The summed E-state index contributed by atoms with van der Waals surface area (Å²) in [5.41, 5.74) is 6.12. The van der Waals surface area contributed by atoms with Gasteiger partial charge in [-0.15, -0.1) is 0 Å². The Morgan fingerprint density at radius 1 is 0.895 bits per heavy atom. The maximum absolute atomic E-state index is 13.2. The van der Waals surface area contributed by atoms with Crippen molar-refractivity contribution >= 4 is 22.5 Å². The quantitative estimate of drug-likeness (QED) is 0.179. The number of carbonyl (C=O) groups excluding carboxylic acids is 1. The van der Waals surface area contributed by atoms with E-state index in [1.165, 1.54) is 0 Å². The van der Waals surface area contributed by atoms with Crippen LogP contribution in [0.15, 0.2) is 109 Å². The number of carbonyl (C=O) groups is 1. The standard InChI is InChI=1S/C32H29N3O3/c1-23-12-14-26(15-13-23)28(19-32(36)33-20-24-8-4-2-5-9-24)30-22-34(21-25-10-6-3-7-11-25)31-17-16-27(35(37)38)18-29(30)31/h2-18,22,28H,19-21H2,1H3,(H,33,36)/t28-/m0/s1. The van der Waals surface area contributed by atoms with E-state index >= 15 is 0 Å². The monoisotopic (exact) mass is 503 g/mol. The Morgan fingerprint density at radius 3 is 2.21 bits per heavy atom. The fourth-order valence-corrected chi connectivity index (χ4v) is 4.88. The number of hydrogen-bond acceptors (Lipinski definition) is 3. The molecule has 4 aromatic carbocycles. The van der Waals surface area contributed by atoms with Crippen LogP contribution in [0, 0.1) is 17.0 Å². The molecule has 0 unspecified atom stereocenters. The Labute approximate surface area is 221 Å². The average Bonchev–Trinajstić information content (AvgIpc) is 3.29. The van der Waals surface area contributed by atoms with E-state index in [9.17, 15) is 14.9 Å². The van der Waals surface area contributed by atoms with Crippen molar-refractivity contribution in [3.8, 4) is 0 Å². The highest BCUT2D eigenvalue weighted by Gasteiger charge is 2.24.